The average Bonchev–Trinajstić information content (AvgIpc) is 2.73. The number of carboxylic acids is 1. The Morgan fingerprint density at radius 2 is 2.37 bits per heavy atom. The molecule has 2 rings (SSSR count). The minimum atomic E-state index is -0.979. The number of rotatable bonds is 4. The molecule has 0 radical (unpaired) electrons. The van der Waals surface area contributed by atoms with Gasteiger partial charge in [-0.15, -0.1) is 0 Å². The van der Waals surface area contributed by atoms with Gasteiger partial charge >= 0.3 is 13.0 Å². The molecule has 1 fully saturated rings. The molecule has 2 heterocycles. The van der Waals surface area contributed by atoms with Gasteiger partial charge in [0.15, 0.2) is 0 Å². The van der Waals surface area contributed by atoms with Gasteiger partial charge < -0.3 is 19.7 Å². The van der Waals surface area contributed by atoms with Crippen molar-refractivity contribution in [2.45, 2.75) is 25.4 Å². The topological polar surface area (TPSA) is 95.8 Å². The average molecular weight is 285 g/mol. The van der Waals surface area contributed by atoms with Crippen molar-refractivity contribution in [1.29, 1.82) is 0 Å². The van der Waals surface area contributed by atoms with Crippen LogP contribution < -0.4 is 4.74 Å². The molecule has 1 saturated heterocycles. The van der Waals surface area contributed by atoms with E-state index < -0.39 is 19.1 Å². The van der Waals surface area contributed by atoms with E-state index in [9.17, 15) is 9.82 Å². The number of ether oxygens (including phenoxy) is 1. The van der Waals surface area contributed by atoms with Crippen molar-refractivity contribution in [3.8, 4) is 5.88 Å². The van der Waals surface area contributed by atoms with Crippen molar-refractivity contribution in [1.82, 2.24) is 14.8 Å². The summed E-state index contributed by atoms with van der Waals surface area (Å²) in [7, 11) is -0.844. The van der Waals surface area contributed by atoms with Gasteiger partial charge in [0.25, 0.3) is 0 Å². The molecule has 0 amide bonds. The first-order valence-corrected chi connectivity index (χ1v) is 6.16. The largest absolute Gasteiger partial charge is 0.480 e. The van der Waals surface area contributed by atoms with Gasteiger partial charge in [-0.05, 0) is 6.82 Å². The van der Waals surface area contributed by atoms with Crippen LogP contribution in [0.5, 0.6) is 5.88 Å². The SMILES string of the molecule is CB(O)N1CC(Oc2cc(Cl)ncn2)CC1C(=O)O. The van der Waals surface area contributed by atoms with Crippen LogP contribution in [0.3, 0.4) is 0 Å². The zero-order valence-corrected chi connectivity index (χ0v) is 11.0. The van der Waals surface area contributed by atoms with Gasteiger partial charge in [0.1, 0.15) is 23.6 Å². The molecule has 1 aliphatic rings. The first-order chi connectivity index (χ1) is 8.97. The Hall–Kier alpha value is -1.38. The monoisotopic (exact) mass is 285 g/mol. The molecule has 0 spiro atoms. The van der Waals surface area contributed by atoms with E-state index in [0.717, 1.165) is 0 Å². The summed E-state index contributed by atoms with van der Waals surface area (Å²) in [4.78, 5) is 20.2. The number of hydrogen-bond acceptors (Lipinski definition) is 6. The fraction of sp³-hybridized carbons (Fsp3) is 0.500. The van der Waals surface area contributed by atoms with Gasteiger partial charge in [-0.3, -0.25) is 4.79 Å². The number of aliphatic carboxylic acids is 1. The standard InChI is InChI=1S/C10H13BClN3O4/c1-11(18)15-4-6(2-7(15)10(16)17)19-9-3-8(12)13-5-14-9/h3,5-7,18H,2,4H2,1H3,(H,16,17). The molecular weight excluding hydrogens is 272 g/mol. The summed E-state index contributed by atoms with van der Waals surface area (Å²) in [5.74, 6) is -0.686. The second kappa shape index (κ2) is 5.73. The van der Waals surface area contributed by atoms with Crippen LogP contribution in [0.15, 0.2) is 12.4 Å². The van der Waals surface area contributed by atoms with Crippen molar-refractivity contribution in [3.63, 3.8) is 0 Å². The molecular formula is C10H13BClN3O4. The van der Waals surface area contributed by atoms with Crippen LogP contribution in [0.4, 0.5) is 0 Å². The van der Waals surface area contributed by atoms with Crippen LogP contribution in [0.2, 0.25) is 12.0 Å². The Balaban J connectivity index is 2.05. The summed E-state index contributed by atoms with van der Waals surface area (Å²) in [5, 5.41) is 18.9. The third-order valence-corrected chi connectivity index (χ3v) is 3.17. The van der Waals surface area contributed by atoms with E-state index in [0.29, 0.717) is 12.4 Å². The van der Waals surface area contributed by atoms with E-state index in [1.165, 1.54) is 24.0 Å². The number of halogens is 1. The summed E-state index contributed by atoms with van der Waals surface area (Å²) in [6, 6.07) is 0.699. The maximum atomic E-state index is 11.1. The lowest BCUT2D eigenvalue weighted by molar-refractivity contribution is -0.141. The highest BCUT2D eigenvalue weighted by molar-refractivity contribution is 6.45. The van der Waals surface area contributed by atoms with Gasteiger partial charge in [0.2, 0.25) is 5.88 Å². The molecule has 0 bridgehead atoms. The van der Waals surface area contributed by atoms with Crippen LogP contribution in [-0.2, 0) is 4.79 Å². The third-order valence-electron chi connectivity index (χ3n) is 2.96. The molecule has 2 atom stereocenters. The predicted molar refractivity (Wildman–Crippen MR) is 68.0 cm³/mol. The molecule has 0 saturated carbocycles. The minimum absolute atomic E-state index is 0.255. The zero-order valence-electron chi connectivity index (χ0n) is 10.2. The predicted octanol–water partition coefficient (Wildman–Crippen LogP) is 0.147. The molecule has 9 heteroatoms. The molecule has 19 heavy (non-hydrogen) atoms. The number of nitrogens with zero attached hydrogens (tertiary/aromatic N) is 3. The van der Waals surface area contributed by atoms with Crippen molar-refractivity contribution >= 4 is 24.6 Å². The Bertz CT molecular complexity index is 476. The van der Waals surface area contributed by atoms with Crippen LogP contribution in [0, 0.1) is 0 Å². The Labute approximate surface area is 115 Å². The van der Waals surface area contributed by atoms with Gasteiger partial charge in [0, 0.05) is 19.0 Å². The minimum Gasteiger partial charge on any atom is -0.480 e. The highest BCUT2D eigenvalue weighted by Crippen LogP contribution is 2.23. The van der Waals surface area contributed by atoms with E-state index in [2.05, 4.69) is 9.97 Å². The molecule has 1 aliphatic heterocycles. The molecule has 1 aromatic rings. The molecule has 102 valence electrons. The fourth-order valence-corrected chi connectivity index (χ4v) is 2.25. The van der Waals surface area contributed by atoms with Crippen molar-refractivity contribution in [3.05, 3.63) is 17.5 Å². The van der Waals surface area contributed by atoms with Gasteiger partial charge in [-0.1, -0.05) is 11.6 Å². The van der Waals surface area contributed by atoms with E-state index in [4.69, 9.17) is 21.4 Å². The second-order valence-corrected chi connectivity index (χ2v) is 4.72. The molecule has 1 aromatic heterocycles. The molecule has 7 nitrogen and oxygen atoms in total. The normalized spacial score (nSPS) is 23.3. The van der Waals surface area contributed by atoms with Crippen molar-refractivity contribution in [2.24, 2.45) is 0 Å². The van der Waals surface area contributed by atoms with Gasteiger partial charge in [-0.25, -0.2) is 9.97 Å². The van der Waals surface area contributed by atoms with E-state index in [1.807, 2.05) is 0 Å². The lowest BCUT2D eigenvalue weighted by Crippen LogP contribution is -2.45. The maximum Gasteiger partial charge on any atom is 0.377 e. The molecule has 2 unspecified atom stereocenters. The number of hydrogen-bond donors (Lipinski definition) is 2. The van der Waals surface area contributed by atoms with Crippen LogP contribution >= 0.6 is 11.6 Å². The fourth-order valence-electron chi connectivity index (χ4n) is 2.11. The number of carboxylic acid groups (broad SMARTS) is 1. The number of carbonyl (C=O) groups is 1. The van der Waals surface area contributed by atoms with Crippen molar-refractivity contribution in [2.75, 3.05) is 6.54 Å². The maximum absolute atomic E-state index is 11.1. The van der Waals surface area contributed by atoms with Crippen molar-refractivity contribution < 1.29 is 19.7 Å². The molecule has 2 N–H and O–H groups in total. The summed E-state index contributed by atoms with van der Waals surface area (Å²) in [5.41, 5.74) is 0. The molecule has 0 aromatic carbocycles. The summed E-state index contributed by atoms with van der Waals surface area (Å²) in [6.45, 7) is 1.84. The summed E-state index contributed by atoms with van der Waals surface area (Å²) in [6.07, 6.45) is 1.19. The summed E-state index contributed by atoms with van der Waals surface area (Å²) < 4.78 is 5.57. The summed E-state index contributed by atoms with van der Waals surface area (Å²) >= 11 is 5.71. The quantitative estimate of drug-likeness (QED) is 0.600. The number of aromatic nitrogens is 2. The van der Waals surface area contributed by atoms with Crippen LogP contribution in [0.1, 0.15) is 6.42 Å². The first kappa shape index (κ1) is 14.0. The Morgan fingerprint density at radius 3 is 2.89 bits per heavy atom. The smallest absolute Gasteiger partial charge is 0.377 e. The van der Waals surface area contributed by atoms with Gasteiger partial charge in [-0.2, -0.15) is 0 Å². The van der Waals surface area contributed by atoms with Gasteiger partial charge in [0.05, 0.1) is 0 Å². The molecule has 0 aliphatic carbocycles. The highest BCUT2D eigenvalue weighted by atomic mass is 35.5. The van der Waals surface area contributed by atoms with E-state index in [-0.39, 0.29) is 17.7 Å². The lowest BCUT2D eigenvalue weighted by Gasteiger charge is -2.20. The highest BCUT2D eigenvalue weighted by Gasteiger charge is 2.41. The van der Waals surface area contributed by atoms with Crippen LogP contribution in [0.25, 0.3) is 0 Å². The van der Waals surface area contributed by atoms with Crippen LogP contribution in [-0.4, -0.2) is 56.6 Å². The third kappa shape index (κ3) is 3.34. The van der Waals surface area contributed by atoms with E-state index >= 15 is 0 Å². The Kier molecular flexibility index (Phi) is 4.23. The zero-order chi connectivity index (χ0) is 14.0. The second-order valence-electron chi connectivity index (χ2n) is 4.34. The Morgan fingerprint density at radius 1 is 1.63 bits per heavy atom. The lowest BCUT2D eigenvalue weighted by atomic mass is 9.84. The van der Waals surface area contributed by atoms with E-state index in [1.54, 1.807) is 0 Å². The first-order valence-electron chi connectivity index (χ1n) is 5.78.